The molecule has 0 saturated carbocycles. The Morgan fingerprint density at radius 3 is 2.80 bits per heavy atom. The molecule has 0 unspecified atom stereocenters. The number of nitrogens with one attached hydrogen (secondary N) is 1. The van der Waals surface area contributed by atoms with Crippen LogP contribution in [0.4, 0.5) is 5.95 Å². The van der Waals surface area contributed by atoms with E-state index in [1.165, 1.54) is 24.7 Å². The summed E-state index contributed by atoms with van der Waals surface area (Å²) in [6.07, 6.45) is 4.55. The average Bonchev–Trinajstić information content (AvgIpc) is 3.11. The van der Waals surface area contributed by atoms with Gasteiger partial charge in [0, 0.05) is 18.9 Å². The maximum absolute atomic E-state index is 11.1. The number of carboxylic acid groups (broad SMARTS) is 1. The van der Waals surface area contributed by atoms with Crippen LogP contribution < -0.4 is 5.32 Å². The summed E-state index contributed by atoms with van der Waals surface area (Å²) in [7, 11) is 0. The van der Waals surface area contributed by atoms with Gasteiger partial charge in [0.15, 0.2) is 0 Å². The van der Waals surface area contributed by atoms with Crippen molar-refractivity contribution < 1.29 is 9.90 Å². The lowest BCUT2D eigenvalue weighted by Crippen LogP contribution is -2.15. The van der Waals surface area contributed by atoms with Crippen LogP contribution in [0.5, 0.6) is 0 Å². The van der Waals surface area contributed by atoms with E-state index in [4.69, 9.17) is 5.11 Å². The van der Waals surface area contributed by atoms with E-state index in [9.17, 15) is 4.79 Å². The van der Waals surface area contributed by atoms with Crippen molar-refractivity contribution in [1.29, 1.82) is 0 Å². The van der Waals surface area contributed by atoms with Gasteiger partial charge in [0.1, 0.15) is 12.2 Å². The normalized spacial score (nSPS) is 11.9. The van der Waals surface area contributed by atoms with Gasteiger partial charge in [-0.25, -0.2) is 24.4 Å². The second-order valence-electron chi connectivity index (χ2n) is 5.30. The fraction of sp³-hybridized carbons (Fsp3) is 0.250. The fourth-order valence-corrected chi connectivity index (χ4v) is 2.38. The Morgan fingerprint density at radius 2 is 2.04 bits per heavy atom. The van der Waals surface area contributed by atoms with Crippen LogP contribution in [0.15, 0.2) is 36.9 Å². The maximum atomic E-state index is 11.1. The highest BCUT2D eigenvalue weighted by Crippen LogP contribution is 2.19. The number of aryl methyl sites for hydroxylation is 1. The molecule has 0 saturated heterocycles. The van der Waals surface area contributed by atoms with E-state index in [1.807, 2.05) is 13.8 Å². The first-order valence-corrected chi connectivity index (χ1v) is 7.75. The fourth-order valence-electron chi connectivity index (χ4n) is 2.38. The zero-order chi connectivity index (χ0) is 17.8. The van der Waals surface area contributed by atoms with Crippen molar-refractivity contribution in [3.63, 3.8) is 0 Å². The summed E-state index contributed by atoms with van der Waals surface area (Å²) in [6.45, 7) is 4.65. The molecule has 128 valence electrons. The van der Waals surface area contributed by atoms with Crippen LogP contribution in [0, 0.1) is 0 Å². The smallest absolute Gasteiger partial charge is 0.335 e. The van der Waals surface area contributed by atoms with Crippen LogP contribution in [0.25, 0.3) is 11.4 Å². The Bertz CT molecular complexity index is 893. The number of aromatic nitrogens is 6. The van der Waals surface area contributed by atoms with Crippen molar-refractivity contribution >= 4 is 11.9 Å². The van der Waals surface area contributed by atoms with Crippen LogP contribution in [0.2, 0.25) is 0 Å². The maximum Gasteiger partial charge on any atom is 0.335 e. The van der Waals surface area contributed by atoms with Gasteiger partial charge in [0.05, 0.1) is 23.0 Å². The first kappa shape index (κ1) is 16.5. The van der Waals surface area contributed by atoms with E-state index >= 15 is 0 Å². The molecule has 0 bridgehead atoms. The zero-order valence-electron chi connectivity index (χ0n) is 13.8. The van der Waals surface area contributed by atoms with E-state index in [1.54, 1.807) is 16.9 Å². The number of hydrogen-bond acceptors (Lipinski definition) is 7. The number of carbonyl (C=O) groups is 1. The Hall–Kier alpha value is -3.36. The number of pyridine rings is 1. The number of carboxylic acids is 1. The molecule has 3 aromatic rings. The molecule has 3 rings (SSSR count). The lowest BCUT2D eigenvalue weighted by atomic mass is 10.2. The van der Waals surface area contributed by atoms with E-state index in [2.05, 4.69) is 30.4 Å². The van der Waals surface area contributed by atoms with Gasteiger partial charge in [0.25, 0.3) is 0 Å². The number of hydrogen-bond donors (Lipinski definition) is 2. The highest BCUT2D eigenvalue weighted by Gasteiger charge is 2.14. The summed E-state index contributed by atoms with van der Waals surface area (Å²) in [5, 5.41) is 16.4. The van der Waals surface area contributed by atoms with Crippen LogP contribution in [-0.4, -0.2) is 40.8 Å². The van der Waals surface area contributed by atoms with Gasteiger partial charge >= 0.3 is 5.97 Å². The molecule has 9 heteroatoms. The minimum Gasteiger partial charge on any atom is -0.478 e. The minimum absolute atomic E-state index is 0.143. The monoisotopic (exact) mass is 339 g/mol. The lowest BCUT2D eigenvalue weighted by Gasteiger charge is -2.14. The molecule has 0 radical (unpaired) electrons. The molecule has 0 aliphatic heterocycles. The number of nitrogens with zero attached hydrogens (tertiary/aromatic N) is 6. The lowest BCUT2D eigenvalue weighted by molar-refractivity contribution is 0.0697. The Morgan fingerprint density at radius 1 is 1.24 bits per heavy atom. The van der Waals surface area contributed by atoms with Gasteiger partial charge in [-0.05, 0) is 32.0 Å². The van der Waals surface area contributed by atoms with Crippen LogP contribution in [0.3, 0.4) is 0 Å². The standard InChI is InChI=1S/C16H17N7O2/c1-3-23-14(19-9-20-23)10(2)21-16-18-7-5-12(22-16)13-8-11(15(24)25)4-6-17-13/h4-10H,3H2,1-2H3,(H,24,25)(H,18,21,22)/t10-/m1/s1. The summed E-state index contributed by atoms with van der Waals surface area (Å²) >= 11 is 0. The molecule has 0 aliphatic rings. The van der Waals surface area contributed by atoms with Crippen molar-refractivity contribution in [2.75, 3.05) is 5.32 Å². The van der Waals surface area contributed by atoms with Gasteiger partial charge in [-0.1, -0.05) is 0 Å². The molecule has 0 aromatic carbocycles. The van der Waals surface area contributed by atoms with E-state index < -0.39 is 5.97 Å². The molecule has 2 N–H and O–H groups in total. The molecule has 1 atom stereocenters. The van der Waals surface area contributed by atoms with Gasteiger partial charge in [0.2, 0.25) is 5.95 Å². The summed E-state index contributed by atoms with van der Waals surface area (Å²) in [5.74, 6) is 0.171. The van der Waals surface area contributed by atoms with Crippen molar-refractivity contribution in [1.82, 2.24) is 29.7 Å². The summed E-state index contributed by atoms with van der Waals surface area (Å²) in [6, 6.07) is 4.45. The van der Waals surface area contributed by atoms with Gasteiger partial charge < -0.3 is 10.4 Å². The molecular formula is C16H17N7O2. The summed E-state index contributed by atoms with van der Waals surface area (Å²) in [4.78, 5) is 28.2. The van der Waals surface area contributed by atoms with Crippen molar-refractivity contribution in [2.24, 2.45) is 0 Å². The Kier molecular flexibility index (Phi) is 4.64. The average molecular weight is 339 g/mol. The predicted molar refractivity (Wildman–Crippen MR) is 90.0 cm³/mol. The van der Waals surface area contributed by atoms with E-state index in [0.717, 1.165) is 5.82 Å². The van der Waals surface area contributed by atoms with Crippen LogP contribution in [0.1, 0.15) is 36.1 Å². The van der Waals surface area contributed by atoms with Crippen molar-refractivity contribution in [2.45, 2.75) is 26.4 Å². The highest BCUT2D eigenvalue weighted by atomic mass is 16.4. The first-order chi connectivity index (χ1) is 12.1. The zero-order valence-corrected chi connectivity index (χ0v) is 13.8. The Balaban J connectivity index is 1.84. The first-order valence-electron chi connectivity index (χ1n) is 7.75. The molecule has 9 nitrogen and oxygen atoms in total. The molecule has 3 heterocycles. The quantitative estimate of drug-likeness (QED) is 0.700. The molecular weight excluding hydrogens is 322 g/mol. The van der Waals surface area contributed by atoms with E-state index in [-0.39, 0.29) is 11.6 Å². The minimum atomic E-state index is -1.01. The molecule has 0 fully saturated rings. The second kappa shape index (κ2) is 7.04. The summed E-state index contributed by atoms with van der Waals surface area (Å²) < 4.78 is 1.79. The molecule has 0 aliphatic carbocycles. The topological polar surface area (TPSA) is 119 Å². The third-order valence-corrected chi connectivity index (χ3v) is 3.60. The molecule has 3 aromatic heterocycles. The number of aromatic carboxylic acids is 1. The third kappa shape index (κ3) is 3.60. The summed E-state index contributed by atoms with van der Waals surface area (Å²) in [5.41, 5.74) is 1.15. The number of rotatable bonds is 6. The number of anilines is 1. The van der Waals surface area contributed by atoms with Crippen LogP contribution >= 0.6 is 0 Å². The molecule has 0 spiro atoms. The highest BCUT2D eigenvalue weighted by molar-refractivity contribution is 5.88. The van der Waals surface area contributed by atoms with Gasteiger partial charge in [-0.15, -0.1) is 0 Å². The van der Waals surface area contributed by atoms with Crippen molar-refractivity contribution in [3.05, 3.63) is 48.3 Å². The van der Waals surface area contributed by atoms with Crippen molar-refractivity contribution in [3.8, 4) is 11.4 Å². The second-order valence-corrected chi connectivity index (χ2v) is 5.30. The van der Waals surface area contributed by atoms with Gasteiger partial charge in [-0.3, -0.25) is 4.98 Å². The predicted octanol–water partition coefficient (Wildman–Crippen LogP) is 2.02. The molecule has 25 heavy (non-hydrogen) atoms. The van der Waals surface area contributed by atoms with E-state index in [0.29, 0.717) is 23.9 Å². The SMILES string of the molecule is CCn1ncnc1[C@@H](C)Nc1nccc(-c2cc(C(=O)O)ccn2)n1. The largest absolute Gasteiger partial charge is 0.478 e. The van der Waals surface area contributed by atoms with Gasteiger partial charge in [-0.2, -0.15) is 5.10 Å². The Labute approximate surface area is 143 Å². The molecule has 0 amide bonds. The van der Waals surface area contributed by atoms with Crippen LogP contribution in [-0.2, 0) is 6.54 Å². The third-order valence-electron chi connectivity index (χ3n) is 3.60.